The first-order valence-electron chi connectivity index (χ1n) is 9.76. The van der Waals surface area contributed by atoms with Crippen molar-refractivity contribution < 1.29 is 22.3 Å². The molecular weight excluding hydrogens is 437 g/mol. The van der Waals surface area contributed by atoms with E-state index in [0.29, 0.717) is 11.4 Å². The Morgan fingerprint density at radius 3 is 2.47 bits per heavy atom. The van der Waals surface area contributed by atoms with Crippen LogP contribution in [-0.4, -0.2) is 49.0 Å². The first kappa shape index (κ1) is 23.4. The smallest absolute Gasteiger partial charge is 0.258 e. The van der Waals surface area contributed by atoms with E-state index in [1.54, 1.807) is 30.5 Å². The summed E-state index contributed by atoms with van der Waals surface area (Å²) in [4.78, 5) is 29.3. The van der Waals surface area contributed by atoms with Gasteiger partial charge in [-0.2, -0.15) is 0 Å². The molecule has 170 valence electrons. The molecule has 0 fully saturated rings. The van der Waals surface area contributed by atoms with Gasteiger partial charge < -0.3 is 14.6 Å². The molecule has 10 heteroatoms. The van der Waals surface area contributed by atoms with Gasteiger partial charge in [-0.3, -0.25) is 9.59 Å². The second-order valence-corrected chi connectivity index (χ2v) is 10.1. The summed E-state index contributed by atoms with van der Waals surface area (Å²) < 4.78 is 43.7. The number of methoxy groups -OCH3 is 1. The third-order valence-corrected chi connectivity index (χ3v) is 7.70. The van der Waals surface area contributed by atoms with E-state index >= 15 is 0 Å². The summed E-state index contributed by atoms with van der Waals surface area (Å²) in [6, 6.07) is 8.22. The summed E-state index contributed by atoms with van der Waals surface area (Å²) in [6.07, 6.45) is 3.39. The van der Waals surface area contributed by atoms with Gasteiger partial charge >= 0.3 is 0 Å². The molecule has 1 aromatic carbocycles. The Kier molecular flexibility index (Phi) is 6.36. The van der Waals surface area contributed by atoms with Gasteiger partial charge in [-0.15, -0.1) is 0 Å². The molecule has 0 bridgehead atoms. The number of aryl methyl sites for hydroxylation is 1. The maximum Gasteiger partial charge on any atom is 0.258 e. The highest BCUT2D eigenvalue weighted by molar-refractivity contribution is 7.92. The molecule has 2 heterocycles. The number of sulfone groups is 1. The van der Waals surface area contributed by atoms with E-state index in [-0.39, 0.29) is 23.7 Å². The highest BCUT2D eigenvalue weighted by atomic mass is 32.2. The van der Waals surface area contributed by atoms with Crippen molar-refractivity contribution in [3.8, 4) is 17.0 Å². The summed E-state index contributed by atoms with van der Waals surface area (Å²) in [5.41, 5.74) is 0.923. The number of rotatable bonds is 7. The van der Waals surface area contributed by atoms with Crippen LogP contribution in [-0.2, 0) is 21.2 Å². The number of ether oxygens (including phenoxy) is 1. The van der Waals surface area contributed by atoms with E-state index in [1.165, 1.54) is 27.1 Å². The minimum Gasteiger partial charge on any atom is -0.481 e. The lowest BCUT2D eigenvalue weighted by molar-refractivity contribution is -0.123. The zero-order valence-corrected chi connectivity index (χ0v) is 19.0. The molecule has 0 unspecified atom stereocenters. The number of halogens is 1. The lowest BCUT2D eigenvalue weighted by atomic mass is 10.0. The van der Waals surface area contributed by atoms with Crippen molar-refractivity contribution in [3.63, 3.8) is 0 Å². The van der Waals surface area contributed by atoms with E-state index in [0.717, 1.165) is 22.6 Å². The third kappa shape index (κ3) is 4.22. The molecule has 1 N–H and O–H groups in total. The number of carbonyl (C=O) groups excluding carboxylic acids is 1. The van der Waals surface area contributed by atoms with Crippen LogP contribution in [0.2, 0.25) is 0 Å². The van der Waals surface area contributed by atoms with Gasteiger partial charge in [0, 0.05) is 49.3 Å². The predicted octanol–water partition coefficient (Wildman–Crippen LogP) is 2.15. The highest BCUT2D eigenvalue weighted by Gasteiger charge is 2.42. The Balaban J connectivity index is 1.99. The van der Waals surface area contributed by atoms with Crippen LogP contribution in [0.1, 0.15) is 13.3 Å². The van der Waals surface area contributed by atoms with Crippen molar-refractivity contribution in [2.45, 2.75) is 24.6 Å². The molecule has 3 rings (SSSR count). The van der Waals surface area contributed by atoms with Gasteiger partial charge in [0.1, 0.15) is 10.6 Å². The largest absolute Gasteiger partial charge is 0.481 e. The normalized spacial score (nSPS) is 13.5. The predicted molar refractivity (Wildman–Crippen MR) is 120 cm³/mol. The van der Waals surface area contributed by atoms with Crippen LogP contribution in [0.25, 0.3) is 21.9 Å². The van der Waals surface area contributed by atoms with Gasteiger partial charge in [0.2, 0.25) is 11.8 Å². The molecule has 0 aliphatic rings. The molecular formula is C22H24FN3O5S. The number of fused-ring (bicyclic) bond motifs is 1. The average Bonchev–Trinajstić information content (AvgIpc) is 2.78. The van der Waals surface area contributed by atoms with Gasteiger partial charge in [-0.25, -0.2) is 17.8 Å². The summed E-state index contributed by atoms with van der Waals surface area (Å²) in [7, 11) is -0.946. The lowest BCUT2D eigenvalue weighted by Crippen LogP contribution is -2.49. The molecule has 32 heavy (non-hydrogen) atoms. The van der Waals surface area contributed by atoms with Crippen LogP contribution < -0.4 is 15.6 Å². The number of pyridine rings is 2. The van der Waals surface area contributed by atoms with E-state index < -0.39 is 31.9 Å². The molecule has 0 radical (unpaired) electrons. The number of amides is 1. The second-order valence-electron chi connectivity index (χ2n) is 7.66. The minimum atomic E-state index is -3.79. The van der Waals surface area contributed by atoms with Gasteiger partial charge in [0.15, 0.2) is 9.84 Å². The Hall–Kier alpha value is -3.27. The van der Waals surface area contributed by atoms with E-state index in [1.807, 2.05) is 0 Å². The monoisotopic (exact) mass is 461 g/mol. The molecule has 0 aliphatic carbocycles. The van der Waals surface area contributed by atoms with Crippen LogP contribution >= 0.6 is 0 Å². The standard InChI is InChI=1S/C22H24FN3O5S/c1-22(21(28)24-2,32(4,29)30)9-10-26-13-18(23)17-11-14(5-7-16(17)20(26)27)15-6-8-19(31-3)25-12-15/h5-8,11-13H,9-10H2,1-4H3,(H,24,28)/t22-/m1/s1. The molecule has 0 saturated carbocycles. The number of benzene rings is 1. The zero-order valence-electron chi connectivity index (χ0n) is 18.2. The van der Waals surface area contributed by atoms with Crippen molar-refractivity contribution in [2.24, 2.45) is 0 Å². The van der Waals surface area contributed by atoms with Gasteiger partial charge in [0.05, 0.1) is 12.5 Å². The molecule has 0 spiro atoms. The number of aromatic nitrogens is 2. The Labute approximate surface area is 185 Å². The molecule has 1 amide bonds. The quantitative estimate of drug-likeness (QED) is 0.578. The number of hydrogen-bond donors (Lipinski definition) is 1. The van der Waals surface area contributed by atoms with Crippen LogP contribution in [0, 0.1) is 5.82 Å². The Morgan fingerprint density at radius 2 is 1.91 bits per heavy atom. The molecule has 1 atom stereocenters. The van der Waals surface area contributed by atoms with E-state index in [2.05, 4.69) is 10.3 Å². The Bertz CT molecular complexity index is 1340. The fourth-order valence-corrected chi connectivity index (χ4v) is 4.33. The maximum absolute atomic E-state index is 14.9. The Morgan fingerprint density at radius 1 is 1.22 bits per heavy atom. The minimum absolute atomic E-state index is 0.136. The molecule has 0 saturated heterocycles. The summed E-state index contributed by atoms with van der Waals surface area (Å²) >= 11 is 0. The van der Waals surface area contributed by atoms with E-state index in [9.17, 15) is 22.4 Å². The van der Waals surface area contributed by atoms with Gasteiger partial charge in [-0.05, 0) is 37.1 Å². The number of nitrogens with one attached hydrogen (secondary N) is 1. The fraction of sp³-hybridized carbons (Fsp3) is 0.318. The second kappa shape index (κ2) is 8.70. The van der Waals surface area contributed by atoms with Crippen LogP contribution in [0.5, 0.6) is 5.88 Å². The molecule has 8 nitrogen and oxygen atoms in total. The van der Waals surface area contributed by atoms with Crippen LogP contribution in [0.4, 0.5) is 4.39 Å². The van der Waals surface area contributed by atoms with E-state index in [4.69, 9.17) is 4.74 Å². The fourth-order valence-electron chi connectivity index (χ4n) is 3.43. The van der Waals surface area contributed by atoms with Crippen LogP contribution in [0.15, 0.2) is 47.5 Å². The first-order chi connectivity index (χ1) is 15.0. The maximum atomic E-state index is 14.9. The van der Waals surface area contributed by atoms with Crippen LogP contribution in [0.3, 0.4) is 0 Å². The SMILES string of the molecule is CNC(=O)[C@@](C)(CCn1cc(F)c2cc(-c3ccc(OC)nc3)ccc2c1=O)S(C)(=O)=O. The zero-order chi connectivity index (χ0) is 23.7. The lowest BCUT2D eigenvalue weighted by Gasteiger charge is -2.26. The number of carbonyl (C=O) groups is 1. The summed E-state index contributed by atoms with van der Waals surface area (Å²) in [5, 5.41) is 2.63. The topological polar surface area (TPSA) is 107 Å². The van der Waals surface area contributed by atoms with Crippen molar-refractivity contribution in [2.75, 3.05) is 20.4 Å². The summed E-state index contributed by atoms with van der Waals surface area (Å²) in [6.45, 7) is 1.14. The highest BCUT2D eigenvalue weighted by Crippen LogP contribution is 2.26. The van der Waals surface area contributed by atoms with Crippen molar-refractivity contribution >= 4 is 26.5 Å². The van der Waals surface area contributed by atoms with Gasteiger partial charge in [0.25, 0.3) is 5.56 Å². The van der Waals surface area contributed by atoms with Gasteiger partial charge in [-0.1, -0.05) is 6.07 Å². The average molecular weight is 462 g/mol. The third-order valence-electron chi connectivity index (χ3n) is 5.67. The van der Waals surface area contributed by atoms with Crippen molar-refractivity contribution in [1.29, 1.82) is 0 Å². The first-order valence-corrected chi connectivity index (χ1v) is 11.7. The van der Waals surface area contributed by atoms with Crippen molar-refractivity contribution in [1.82, 2.24) is 14.9 Å². The summed E-state index contributed by atoms with van der Waals surface area (Å²) in [5.74, 6) is -0.877. The number of hydrogen-bond acceptors (Lipinski definition) is 6. The van der Waals surface area contributed by atoms with Crippen molar-refractivity contribution in [3.05, 3.63) is 58.9 Å². The molecule has 3 aromatic rings. The number of nitrogens with zero attached hydrogens (tertiary/aromatic N) is 2. The molecule has 0 aliphatic heterocycles. The molecule has 2 aromatic heterocycles.